The van der Waals surface area contributed by atoms with E-state index in [1.807, 2.05) is 24.3 Å². The third kappa shape index (κ3) is 3.32. The Morgan fingerprint density at radius 2 is 2.04 bits per heavy atom. The lowest BCUT2D eigenvalue weighted by Crippen LogP contribution is -2.12. The summed E-state index contributed by atoms with van der Waals surface area (Å²) in [5.41, 5.74) is 9.46. The zero-order valence-electron chi connectivity index (χ0n) is 14.3. The Balaban J connectivity index is 2.28. The molecule has 0 aliphatic carbocycles. The van der Waals surface area contributed by atoms with E-state index in [1.165, 1.54) is 0 Å². The van der Waals surface area contributed by atoms with Gasteiger partial charge in [0.05, 0.1) is 11.6 Å². The number of fused-ring (bicyclic) bond motifs is 1. The number of carbonyl (C=O) groups excluding carboxylic acids is 1. The minimum Gasteiger partial charge on any atom is -0.461 e. The van der Waals surface area contributed by atoms with Gasteiger partial charge < -0.3 is 15.5 Å². The smallest absolute Gasteiger partial charge is 0.355 e. The average molecular weight is 390 g/mol. The van der Waals surface area contributed by atoms with Gasteiger partial charge in [-0.15, -0.1) is 0 Å². The van der Waals surface area contributed by atoms with Gasteiger partial charge in [0.15, 0.2) is 0 Å². The number of carbonyl (C=O) groups is 1. The summed E-state index contributed by atoms with van der Waals surface area (Å²) in [6.45, 7) is 6.70. The first-order chi connectivity index (χ1) is 12.5. The summed E-state index contributed by atoms with van der Waals surface area (Å²) in [6.07, 6.45) is 0. The molecule has 0 aliphatic heterocycles. The number of rotatable bonds is 5. The van der Waals surface area contributed by atoms with E-state index in [4.69, 9.17) is 33.7 Å². The SMILES string of the molecule is [CH2]C(c1ccccc1CN)c1c(C(=O)OCC)[nH]c2cc(Cl)cc(Cl)c12. The average Bonchev–Trinajstić information content (AvgIpc) is 3.01. The van der Waals surface area contributed by atoms with Crippen LogP contribution in [0, 0.1) is 6.92 Å². The van der Waals surface area contributed by atoms with Crippen molar-refractivity contribution in [1.82, 2.24) is 4.98 Å². The van der Waals surface area contributed by atoms with E-state index in [2.05, 4.69) is 11.9 Å². The largest absolute Gasteiger partial charge is 0.461 e. The fraction of sp³-hybridized carbons (Fsp3) is 0.200. The minimum absolute atomic E-state index is 0.267. The lowest BCUT2D eigenvalue weighted by molar-refractivity contribution is 0.0519. The maximum Gasteiger partial charge on any atom is 0.355 e. The lowest BCUT2D eigenvalue weighted by atomic mass is 9.87. The summed E-state index contributed by atoms with van der Waals surface area (Å²) in [4.78, 5) is 15.6. The fourth-order valence-corrected chi connectivity index (χ4v) is 3.80. The number of benzene rings is 2. The van der Waals surface area contributed by atoms with E-state index >= 15 is 0 Å². The van der Waals surface area contributed by atoms with Gasteiger partial charge in [0.25, 0.3) is 0 Å². The number of hydrogen-bond acceptors (Lipinski definition) is 3. The zero-order chi connectivity index (χ0) is 18.8. The molecule has 0 bridgehead atoms. The van der Waals surface area contributed by atoms with Crippen molar-refractivity contribution in [1.29, 1.82) is 0 Å². The second-order valence-electron chi connectivity index (χ2n) is 5.90. The number of hydrogen-bond donors (Lipinski definition) is 2. The molecule has 3 aromatic rings. The molecule has 0 amide bonds. The second-order valence-corrected chi connectivity index (χ2v) is 6.74. The number of nitrogens with two attached hydrogens (primary N) is 1. The van der Waals surface area contributed by atoms with Crippen molar-refractivity contribution in [2.24, 2.45) is 5.73 Å². The standard InChI is InChI=1S/C20H19Cl2N2O2/c1-3-26-20(25)19-17(11(2)14-7-5-4-6-12(14)10-23)18-15(22)8-13(21)9-16(18)24-19/h4-9,11,24H,2-3,10,23H2,1H3. The van der Waals surface area contributed by atoms with E-state index in [9.17, 15) is 4.79 Å². The Labute approximate surface area is 162 Å². The van der Waals surface area contributed by atoms with Crippen LogP contribution in [0.3, 0.4) is 0 Å². The van der Waals surface area contributed by atoms with Crippen molar-refractivity contribution in [2.75, 3.05) is 6.61 Å². The molecule has 0 saturated carbocycles. The van der Waals surface area contributed by atoms with E-state index in [-0.39, 0.29) is 12.5 Å². The molecule has 3 rings (SSSR count). The molecule has 0 spiro atoms. The number of nitrogens with one attached hydrogen (secondary N) is 1. The quantitative estimate of drug-likeness (QED) is 0.598. The number of ether oxygens (including phenoxy) is 1. The molecule has 0 aliphatic rings. The van der Waals surface area contributed by atoms with Gasteiger partial charge in [0.1, 0.15) is 5.69 Å². The summed E-state index contributed by atoms with van der Waals surface area (Å²) in [5, 5.41) is 1.65. The van der Waals surface area contributed by atoms with Gasteiger partial charge in [-0.2, -0.15) is 0 Å². The van der Waals surface area contributed by atoms with Crippen LogP contribution in [0.15, 0.2) is 36.4 Å². The van der Waals surface area contributed by atoms with Gasteiger partial charge >= 0.3 is 5.97 Å². The lowest BCUT2D eigenvalue weighted by Gasteiger charge is -2.17. The predicted octanol–water partition coefficient (Wildman–Crippen LogP) is 5.08. The van der Waals surface area contributed by atoms with Gasteiger partial charge in [-0.1, -0.05) is 47.5 Å². The molecule has 1 atom stereocenters. The topological polar surface area (TPSA) is 68.1 Å². The molecule has 1 unspecified atom stereocenters. The Kier molecular flexibility index (Phi) is 5.56. The maximum absolute atomic E-state index is 12.5. The van der Waals surface area contributed by atoms with Crippen molar-refractivity contribution >= 4 is 40.1 Å². The van der Waals surface area contributed by atoms with Crippen molar-refractivity contribution in [3.63, 3.8) is 0 Å². The highest BCUT2D eigenvalue weighted by molar-refractivity contribution is 6.39. The van der Waals surface area contributed by atoms with Crippen LogP contribution in [-0.2, 0) is 11.3 Å². The molecule has 3 N–H and O–H groups in total. The highest BCUT2D eigenvalue weighted by atomic mass is 35.5. The maximum atomic E-state index is 12.5. The number of aromatic nitrogens is 1. The van der Waals surface area contributed by atoms with Gasteiger partial charge in [-0.25, -0.2) is 4.79 Å². The molecule has 4 nitrogen and oxygen atoms in total. The summed E-state index contributed by atoms with van der Waals surface area (Å²) in [7, 11) is 0. The van der Waals surface area contributed by atoms with Crippen LogP contribution >= 0.6 is 23.2 Å². The Bertz CT molecular complexity index is 966. The molecule has 1 heterocycles. The first-order valence-electron chi connectivity index (χ1n) is 8.26. The molecule has 2 aromatic carbocycles. The molecular formula is C20H19Cl2N2O2. The highest BCUT2D eigenvalue weighted by Crippen LogP contribution is 2.39. The van der Waals surface area contributed by atoms with Crippen LogP contribution in [0.4, 0.5) is 0 Å². The minimum atomic E-state index is -0.454. The fourth-order valence-electron chi connectivity index (χ4n) is 3.20. The third-order valence-electron chi connectivity index (χ3n) is 4.33. The number of esters is 1. The molecule has 135 valence electrons. The molecular weight excluding hydrogens is 371 g/mol. The molecule has 0 fully saturated rings. The Hall–Kier alpha value is -2.01. The van der Waals surface area contributed by atoms with Crippen LogP contribution in [0.2, 0.25) is 10.0 Å². The monoisotopic (exact) mass is 389 g/mol. The molecule has 0 saturated heterocycles. The van der Waals surface area contributed by atoms with Crippen molar-refractivity contribution in [2.45, 2.75) is 19.4 Å². The summed E-state index contributed by atoms with van der Waals surface area (Å²) in [5.74, 6) is -0.814. The van der Waals surface area contributed by atoms with Gasteiger partial charge in [0.2, 0.25) is 0 Å². The predicted molar refractivity (Wildman–Crippen MR) is 106 cm³/mol. The molecule has 1 radical (unpaired) electrons. The van der Waals surface area contributed by atoms with Gasteiger partial charge in [-0.3, -0.25) is 0 Å². The van der Waals surface area contributed by atoms with E-state index < -0.39 is 5.97 Å². The number of aromatic amines is 1. The van der Waals surface area contributed by atoms with Crippen LogP contribution in [-0.4, -0.2) is 17.6 Å². The zero-order valence-corrected chi connectivity index (χ0v) is 15.8. The summed E-state index contributed by atoms with van der Waals surface area (Å²) in [6, 6.07) is 11.1. The van der Waals surface area contributed by atoms with Crippen LogP contribution < -0.4 is 5.73 Å². The highest BCUT2D eigenvalue weighted by Gasteiger charge is 2.26. The van der Waals surface area contributed by atoms with Crippen molar-refractivity contribution in [3.8, 4) is 0 Å². The van der Waals surface area contributed by atoms with Gasteiger partial charge in [-0.05, 0) is 37.1 Å². The van der Waals surface area contributed by atoms with E-state index in [0.29, 0.717) is 38.8 Å². The Morgan fingerprint density at radius 1 is 1.31 bits per heavy atom. The number of H-pyrrole nitrogens is 1. The van der Waals surface area contributed by atoms with Crippen molar-refractivity contribution in [3.05, 3.63) is 75.8 Å². The molecule has 6 heteroatoms. The normalized spacial score (nSPS) is 12.3. The second kappa shape index (κ2) is 7.70. The first-order valence-corrected chi connectivity index (χ1v) is 9.02. The Morgan fingerprint density at radius 3 is 2.73 bits per heavy atom. The van der Waals surface area contributed by atoms with Crippen LogP contribution in [0.1, 0.15) is 40.0 Å². The summed E-state index contributed by atoms with van der Waals surface area (Å²) < 4.78 is 5.21. The van der Waals surface area contributed by atoms with Crippen LogP contribution in [0.25, 0.3) is 10.9 Å². The number of halogens is 2. The third-order valence-corrected chi connectivity index (χ3v) is 4.85. The molecule has 26 heavy (non-hydrogen) atoms. The van der Waals surface area contributed by atoms with Gasteiger partial charge in [0, 0.05) is 34.0 Å². The van der Waals surface area contributed by atoms with E-state index in [1.54, 1.807) is 19.1 Å². The first kappa shape index (κ1) is 18.8. The van der Waals surface area contributed by atoms with Crippen molar-refractivity contribution < 1.29 is 9.53 Å². The van der Waals surface area contributed by atoms with Crippen LogP contribution in [0.5, 0.6) is 0 Å². The summed E-state index contributed by atoms with van der Waals surface area (Å²) >= 11 is 12.6. The molecule has 1 aromatic heterocycles. The van der Waals surface area contributed by atoms with E-state index in [0.717, 1.165) is 11.1 Å².